The SMILES string of the molecule is CCCCC(O)(C=O)CC=C[C@H]1[C@H](O)CC(=O)[C@@H]1CCCCCCC(=O)O. The first kappa shape index (κ1) is 23.5. The van der Waals surface area contributed by atoms with Crippen LogP contribution >= 0.6 is 0 Å². The summed E-state index contributed by atoms with van der Waals surface area (Å²) >= 11 is 0. The average molecular weight is 382 g/mol. The smallest absolute Gasteiger partial charge is 0.303 e. The summed E-state index contributed by atoms with van der Waals surface area (Å²) in [4.78, 5) is 33.9. The molecule has 1 aliphatic carbocycles. The lowest BCUT2D eigenvalue weighted by atomic mass is 9.87. The lowest BCUT2D eigenvalue weighted by molar-refractivity contribution is -0.137. The number of ketones is 1. The number of hydrogen-bond acceptors (Lipinski definition) is 5. The Kier molecular flexibility index (Phi) is 10.5. The van der Waals surface area contributed by atoms with E-state index < -0.39 is 17.7 Å². The van der Waals surface area contributed by atoms with Gasteiger partial charge >= 0.3 is 5.97 Å². The number of carboxylic acids is 1. The van der Waals surface area contributed by atoms with Crippen LogP contribution in [0.1, 0.15) is 77.6 Å². The molecule has 3 N–H and O–H groups in total. The third kappa shape index (κ3) is 8.35. The standard InChI is InChI=1S/C21H34O6/c1-2-3-12-21(27,15-22)13-8-10-17-16(18(23)14-19(17)24)9-6-4-5-7-11-20(25)26/h8,10,15-17,19,24,27H,2-7,9,11-14H2,1H3,(H,25,26)/t16-,17-,19-,21?/m1/s1. The van der Waals surface area contributed by atoms with Gasteiger partial charge in [0.2, 0.25) is 0 Å². The van der Waals surface area contributed by atoms with Crippen molar-refractivity contribution >= 4 is 18.0 Å². The molecule has 154 valence electrons. The first-order valence-corrected chi connectivity index (χ1v) is 10.1. The van der Waals surface area contributed by atoms with Gasteiger partial charge in [-0.05, 0) is 19.3 Å². The second-order valence-corrected chi connectivity index (χ2v) is 7.73. The normalized spacial score (nSPS) is 25.0. The topological polar surface area (TPSA) is 112 Å². The molecular formula is C21H34O6. The molecule has 27 heavy (non-hydrogen) atoms. The summed E-state index contributed by atoms with van der Waals surface area (Å²) in [5, 5.41) is 29.1. The zero-order valence-electron chi connectivity index (χ0n) is 16.3. The minimum Gasteiger partial charge on any atom is -0.481 e. The number of carbonyl (C=O) groups is 3. The van der Waals surface area contributed by atoms with Crippen LogP contribution in [-0.2, 0) is 14.4 Å². The molecule has 0 aromatic heterocycles. The van der Waals surface area contributed by atoms with Gasteiger partial charge in [0.05, 0.1) is 6.10 Å². The Morgan fingerprint density at radius 3 is 2.56 bits per heavy atom. The van der Waals surface area contributed by atoms with Crippen molar-refractivity contribution in [3.05, 3.63) is 12.2 Å². The molecule has 6 heteroatoms. The molecule has 1 unspecified atom stereocenters. The van der Waals surface area contributed by atoms with Gasteiger partial charge in [-0.25, -0.2) is 0 Å². The van der Waals surface area contributed by atoms with Gasteiger partial charge in [-0.1, -0.05) is 51.2 Å². The van der Waals surface area contributed by atoms with E-state index in [1.807, 2.05) is 6.92 Å². The largest absolute Gasteiger partial charge is 0.481 e. The first-order valence-electron chi connectivity index (χ1n) is 10.1. The van der Waals surface area contributed by atoms with Crippen LogP contribution in [0.4, 0.5) is 0 Å². The lowest BCUT2D eigenvalue weighted by Crippen LogP contribution is -2.29. The molecule has 0 aromatic rings. The molecule has 1 fully saturated rings. The van der Waals surface area contributed by atoms with Crippen LogP contribution in [0.15, 0.2) is 12.2 Å². The Bertz CT molecular complexity index is 515. The number of aldehydes is 1. The summed E-state index contributed by atoms with van der Waals surface area (Å²) in [6, 6.07) is 0. The molecule has 0 aromatic carbocycles. The number of aliphatic hydroxyl groups excluding tert-OH is 1. The van der Waals surface area contributed by atoms with Crippen molar-refractivity contribution < 1.29 is 29.7 Å². The van der Waals surface area contributed by atoms with Gasteiger partial charge in [-0.3, -0.25) is 9.59 Å². The third-order valence-electron chi connectivity index (χ3n) is 5.40. The number of unbranched alkanes of at least 4 members (excludes halogenated alkanes) is 4. The van der Waals surface area contributed by atoms with E-state index >= 15 is 0 Å². The van der Waals surface area contributed by atoms with E-state index in [4.69, 9.17) is 5.11 Å². The van der Waals surface area contributed by atoms with Crippen LogP contribution in [0.2, 0.25) is 0 Å². The number of Topliss-reactive ketones (excluding diaryl/α,β-unsaturated/α-hetero) is 1. The monoisotopic (exact) mass is 382 g/mol. The Hall–Kier alpha value is -1.53. The van der Waals surface area contributed by atoms with E-state index in [-0.39, 0.29) is 36.9 Å². The number of rotatable bonds is 14. The van der Waals surface area contributed by atoms with Crippen molar-refractivity contribution in [1.82, 2.24) is 0 Å². The van der Waals surface area contributed by atoms with Gasteiger partial charge in [-0.2, -0.15) is 0 Å². The van der Waals surface area contributed by atoms with Crippen LogP contribution in [0, 0.1) is 11.8 Å². The molecule has 1 saturated carbocycles. The number of carboxylic acid groups (broad SMARTS) is 1. The quantitative estimate of drug-likeness (QED) is 0.242. The molecule has 0 amide bonds. The summed E-state index contributed by atoms with van der Waals surface area (Å²) in [7, 11) is 0. The van der Waals surface area contributed by atoms with Crippen molar-refractivity contribution in [3.63, 3.8) is 0 Å². The highest BCUT2D eigenvalue weighted by Crippen LogP contribution is 2.34. The van der Waals surface area contributed by atoms with E-state index in [1.54, 1.807) is 12.2 Å². The van der Waals surface area contributed by atoms with Crippen molar-refractivity contribution in [2.24, 2.45) is 11.8 Å². The van der Waals surface area contributed by atoms with Crippen LogP contribution in [0.5, 0.6) is 0 Å². The molecule has 0 aliphatic heterocycles. The van der Waals surface area contributed by atoms with Crippen molar-refractivity contribution in [2.75, 3.05) is 0 Å². The average Bonchev–Trinajstić information content (AvgIpc) is 2.89. The zero-order valence-corrected chi connectivity index (χ0v) is 16.3. The molecule has 0 spiro atoms. The van der Waals surface area contributed by atoms with E-state index in [1.165, 1.54) is 0 Å². The molecule has 0 heterocycles. The van der Waals surface area contributed by atoms with Gasteiger partial charge in [-0.15, -0.1) is 0 Å². The highest BCUT2D eigenvalue weighted by Gasteiger charge is 2.39. The van der Waals surface area contributed by atoms with Crippen LogP contribution in [-0.4, -0.2) is 45.1 Å². The molecule has 4 atom stereocenters. The van der Waals surface area contributed by atoms with E-state index in [9.17, 15) is 24.6 Å². The summed E-state index contributed by atoms with van der Waals surface area (Å²) in [5.74, 6) is -1.25. The van der Waals surface area contributed by atoms with Gasteiger partial charge in [0.25, 0.3) is 0 Å². The summed E-state index contributed by atoms with van der Waals surface area (Å²) < 4.78 is 0. The fourth-order valence-corrected chi connectivity index (χ4v) is 3.71. The maximum atomic E-state index is 12.2. The number of hydrogen-bond donors (Lipinski definition) is 3. The Balaban J connectivity index is 2.51. The molecule has 0 radical (unpaired) electrons. The summed E-state index contributed by atoms with van der Waals surface area (Å²) in [6.45, 7) is 1.99. The number of aliphatic carboxylic acids is 1. The van der Waals surface area contributed by atoms with E-state index in [0.717, 1.165) is 32.1 Å². The minimum absolute atomic E-state index is 0.0549. The second-order valence-electron chi connectivity index (χ2n) is 7.73. The zero-order chi connectivity index (χ0) is 20.3. The minimum atomic E-state index is -1.38. The van der Waals surface area contributed by atoms with Crippen LogP contribution in [0.25, 0.3) is 0 Å². The second kappa shape index (κ2) is 12.0. The van der Waals surface area contributed by atoms with Crippen molar-refractivity contribution in [2.45, 2.75) is 89.3 Å². The first-order chi connectivity index (χ1) is 12.8. The van der Waals surface area contributed by atoms with Crippen molar-refractivity contribution in [1.29, 1.82) is 0 Å². The lowest BCUT2D eigenvalue weighted by Gasteiger charge is -2.21. The van der Waals surface area contributed by atoms with Crippen molar-refractivity contribution in [3.8, 4) is 0 Å². The molecule has 1 rings (SSSR count). The predicted octanol–water partition coefficient (Wildman–Crippen LogP) is 3.04. The Morgan fingerprint density at radius 2 is 1.93 bits per heavy atom. The molecular weight excluding hydrogens is 348 g/mol. The van der Waals surface area contributed by atoms with Gasteiger partial charge in [0.1, 0.15) is 11.4 Å². The van der Waals surface area contributed by atoms with Crippen LogP contribution in [0.3, 0.4) is 0 Å². The summed E-state index contributed by atoms with van der Waals surface area (Å²) in [5.41, 5.74) is -1.38. The number of aliphatic hydroxyl groups is 2. The van der Waals surface area contributed by atoms with Crippen LogP contribution < -0.4 is 0 Å². The highest BCUT2D eigenvalue weighted by atomic mass is 16.4. The third-order valence-corrected chi connectivity index (χ3v) is 5.40. The molecule has 6 nitrogen and oxygen atoms in total. The van der Waals surface area contributed by atoms with E-state index in [0.29, 0.717) is 25.5 Å². The van der Waals surface area contributed by atoms with E-state index in [2.05, 4.69) is 0 Å². The molecule has 0 bridgehead atoms. The Labute approximate surface area is 161 Å². The highest BCUT2D eigenvalue weighted by molar-refractivity contribution is 5.84. The molecule has 1 aliphatic rings. The fraction of sp³-hybridized carbons (Fsp3) is 0.762. The maximum Gasteiger partial charge on any atom is 0.303 e. The van der Waals surface area contributed by atoms with Gasteiger partial charge in [0, 0.05) is 31.1 Å². The number of carbonyl (C=O) groups excluding carboxylic acids is 2. The van der Waals surface area contributed by atoms with Gasteiger partial charge in [0.15, 0.2) is 6.29 Å². The predicted molar refractivity (Wildman–Crippen MR) is 102 cm³/mol. The molecule has 0 saturated heterocycles. The van der Waals surface area contributed by atoms with Gasteiger partial charge < -0.3 is 20.1 Å². The maximum absolute atomic E-state index is 12.2. The summed E-state index contributed by atoms with van der Waals surface area (Å²) in [6.07, 6.45) is 9.75. The fourth-order valence-electron chi connectivity index (χ4n) is 3.71. The Morgan fingerprint density at radius 1 is 1.22 bits per heavy atom.